The molecule has 0 atom stereocenters. The van der Waals surface area contributed by atoms with Gasteiger partial charge in [-0.2, -0.15) is 0 Å². The molecule has 0 aliphatic carbocycles. The fourth-order valence-electron chi connectivity index (χ4n) is 2.78. The molecule has 0 fully saturated rings. The second-order valence-electron chi connectivity index (χ2n) is 5.35. The second-order valence-corrected chi connectivity index (χ2v) is 5.35. The summed E-state index contributed by atoms with van der Waals surface area (Å²) in [6.45, 7) is 3.26. The molecule has 0 spiro atoms. The van der Waals surface area contributed by atoms with E-state index in [1.807, 2.05) is 16.7 Å². The van der Waals surface area contributed by atoms with Gasteiger partial charge in [-0.25, -0.2) is 4.98 Å². The van der Waals surface area contributed by atoms with Crippen LogP contribution in [0.15, 0.2) is 30.5 Å². The van der Waals surface area contributed by atoms with Crippen LogP contribution in [0.3, 0.4) is 0 Å². The molecule has 0 unspecified atom stereocenters. The molecule has 116 valence electrons. The molecule has 3 rings (SSSR count). The topological polar surface area (TPSA) is 59.4 Å². The van der Waals surface area contributed by atoms with Crippen molar-refractivity contribution in [1.29, 1.82) is 0 Å². The third kappa shape index (κ3) is 2.82. The van der Waals surface area contributed by atoms with Gasteiger partial charge in [-0.1, -0.05) is 12.1 Å². The van der Waals surface area contributed by atoms with Crippen LogP contribution in [0.25, 0.3) is 0 Å². The number of hydrogen-bond acceptors (Lipinski definition) is 4. The summed E-state index contributed by atoms with van der Waals surface area (Å²) in [6, 6.07) is 8.10. The lowest BCUT2D eigenvalue weighted by atomic mass is 10.2. The molecular formula is C16H20N4O2. The van der Waals surface area contributed by atoms with E-state index < -0.39 is 0 Å². The van der Waals surface area contributed by atoms with Crippen molar-refractivity contribution in [3.05, 3.63) is 47.5 Å². The number of fused-ring (bicyclic) bond motifs is 1. The molecule has 1 aromatic heterocycles. The molecule has 1 N–H and O–H groups in total. The van der Waals surface area contributed by atoms with E-state index in [4.69, 9.17) is 4.74 Å². The third-order valence-corrected chi connectivity index (χ3v) is 3.94. The second kappa shape index (κ2) is 6.19. The molecule has 0 saturated carbocycles. The van der Waals surface area contributed by atoms with Crippen LogP contribution in [0.5, 0.6) is 5.75 Å². The standard InChI is InChI=1S/C16H20N4O2/c1-17-16(21)14-9-18-15-11-19(6-7-20(14)15)10-12-4-3-5-13(8-12)22-2/h3-5,8-9H,6-7,10-11H2,1-2H3,(H,17,21). The summed E-state index contributed by atoms with van der Waals surface area (Å²) in [5.74, 6) is 1.73. The lowest BCUT2D eigenvalue weighted by molar-refractivity contribution is 0.0949. The number of carbonyl (C=O) groups excluding carboxylic acids is 1. The predicted molar refractivity (Wildman–Crippen MR) is 82.7 cm³/mol. The molecule has 1 aromatic carbocycles. The first-order chi connectivity index (χ1) is 10.7. The van der Waals surface area contributed by atoms with E-state index >= 15 is 0 Å². The van der Waals surface area contributed by atoms with Crippen molar-refractivity contribution < 1.29 is 9.53 Å². The number of methoxy groups -OCH3 is 1. The fourth-order valence-corrected chi connectivity index (χ4v) is 2.78. The van der Waals surface area contributed by atoms with Crippen molar-refractivity contribution >= 4 is 5.91 Å². The minimum Gasteiger partial charge on any atom is -0.497 e. The SMILES string of the molecule is CNC(=O)c1cnc2n1CCN(Cc1cccc(OC)c1)C2. The number of rotatable bonds is 4. The first-order valence-corrected chi connectivity index (χ1v) is 7.33. The molecule has 0 saturated heterocycles. The number of benzene rings is 1. The van der Waals surface area contributed by atoms with Crippen LogP contribution < -0.4 is 10.1 Å². The van der Waals surface area contributed by atoms with Crippen molar-refractivity contribution in [3.8, 4) is 5.75 Å². The Bertz CT molecular complexity index is 681. The highest BCUT2D eigenvalue weighted by Gasteiger charge is 2.22. The smallest absolute Gasteiger partial charge is 0.269 e. The van der Waals surface area contributed by atoms with Crippen LogP contribution in [0, 0.1) is 0 Å². The van der Waals surface area contributed by atoms with Crippen LogP contribution in [0.4, 0.5) is 0 Å². The lowest BCUT2D eigenvalue weighted by Gasteiger charge is -2.28. The number of nitrogens with one attached hydrogen (secondary N) is 1. The van der Waals surface area contributed by atoms with E-state index in [-0.39, 0.29) is 5.91 Å². The average molecular weight is 300 g/mol. The Kier molecular flexibility index (Phi) is 4.11. The number of amides is 1. The number of aromatic nitrogens is 2. The van der Waals surface area contributed by atoms with E-state index in [1.165, 1.54) is 5.56 Å². The van der Waals surface area contributed by atoms with E-state index in [9.17, 15) is 4.79 Å². The minimum atomic E-state index is -0.0833. The predicted octanol–water partition coefficient (Wildman–Crippen LogP) is 1.27. The molecular weight excluding hydrogens is 280 g/mol. The monoisotopic (exact) mass is 300 g/mol. The van der Waals surface area contributed by atoms with Crippen LogP contribution >= 0.6 is 0 Å². The Morgan fingerprint density at radius 3 is 3.05 bits per heavy atom. The number of imidazole rings is 1. The van der Waals surface area contributed by atoms with E-state index in [0.717, 1.165) is 37.8 Å². The van der Waals surface area contributed by atoms with E-state index in [0.29, 0.717) is 5.69 Å². The molecule has 2 aromatic rings. The number of nitrogens with zero attached hydrogens (tertiary/aromatic N) is 3. The molecule has 1 aliphatic rings. The molecule has 1 aliphatic heterocycles. The zero-order chi connectivity index (χ0) is 15.5. The van der Waals surface area contributed by atoms with Crippen LogP contribution in [-0.4, -0.2) is 41.1 Å². The maximum absolute atomic E-state index is 11.8. The van der Waals surface area contributed by atoms with Gasteiger partial charge >= 0.3 is 0 Å². The summed E-state index contributed by atoms with van der Waals surface area (Å²) >= 11 is 0. The Hall–Kier alpha value is -2.34. The van der Waals surface area contributed by atoms with Gasteiger partial charge < -0.3 is 14.6 Å². The van der Waals surface area contributed by atoms with Crippen molar-refractivity contribution in [3.63, 3.8) is 0 Å². The number of carbonyl (C=O) groups is 1. The van der Waals surface area contributed by atoms with Crippen LogP contribution in [-0.2, 0) is 19.6 Å². The highest BCUT2D eigenvalue weighted by atomic mass is 16.5. The van der Waals surface area contributed by atoms with Crippen LogP contribution in [0.1, 0.15) is 21.9 Å². The Morgan fingerprint density at radius 1 is 1.41 bits per heavy atom. The third-order valence-electron chi connectivity index (χ3n) is 3.94. The normalized spacial score (nSPS) is 14.5. The zero-order valence-corrected chi connectivity index (χ0v) is 12.9. The summed E-state index contributed by atoms with van der Waals surface area (Å²) in [6.07, 6.45) is 1.66. The maximum atomic E-state index is 11.8. The first-order valence-electron chi connectivity index (χ1n) is 7.33. The molecule has 6 heteroatoms. The Balaban J connectivity index is 1.72. The fraction of sp³-hybridized carbons (Fsp3) is 0.375. The highest BCUT2D eigenvalue weighted by molar-refractivity contribution is 5.92. The molecule has 6 nitrogen and oxygen atoms in total. The molecule has 1 amide bonds. The molecule has 2 heterocycles. The van der Waals surface area contributed by atoms with Crippen molar-refractivity contribution in [1.82, 2.24) is 19.8 Å². The lowest BCUT2D eigenvalue weighted by Crippen LogP contribution is -2.35. The maximum Gasteiger partial charge on any atom is 0.269 e. The van der Waals surface area contributed by atoms with Gasteiger partial charge in [0.05, 0.1) is 19.9 Å². The van der Waals surface area contributed by atoms with Crippen molar-refractivity contribution in [2.24, 2.45) is 0 Å². The Labute approximate surface area is 129 Å². The first kappa shape index (κ1) is 14.6. The Morgan fingerprint density at radius 2 is 2.27 bits per heavy atom. The summed E-state index contributed by atoms with van der Waals surface area (Å²) in [4.78, 5) is 18.5. The quantitative estimate of drug-likeness (QED) is 0.924. The molecule has 22 heavy (non-hydrogen) atoms. The molecule has 0 radical (unpaired) electrons. The van der Waals surface area contributed by atoms with Gasteiger partial charge in [-0.05, 0) is 17.7 Å². The van der Waals surface area contributed by atoms with Gasteiger partial charge in [0, 0.05) is 26.7 Å². The van der Waals surface area contributed by atoms with Gasteiger partial charge in [-0.15, -0.1) is 0 Å². The van der Waals surface area contributed by atoms with Crippen molar-refractivity contribution in [2.45, 2.75) is 19.6 Å². The minimum absolute atomic E-state index is 0.0833. The molecule has 0 bridgehead atoms. The average Bonchev–Trinajstić information content (AvgIpc) is 2.97. The zero-order valence-electron chi connectivity index (χ0n) is 12.9. The summed E-state index contributed by atoms with van der Waals surface area (Å²) < 4.78 is 7.26. The van der Waals surface area contributed by atoms with E-state index in [2.05, 4.69) is 27.3 Å². The van der Waals surface area contributed by atoms with Crippen molar-refractivity contribution in [2.75, 3.05) is 20.7 Å². The largest absolute Gasteiger partial charge is 0.497 e. The van der Waals surface area contributed by atoms with Gasteiger partial charge in [0.15, 0.2) is 0 Å². The van der Waals surface area contributed by atoms with E-state index in [1.54, 1.807) is 20.4 Å². The van der Waals surface area contributed by atoms with Gasteiger partial charge in [0.1, 0.15) is 17.3 Å². The highest BCUT2D eigenvalue weighted by Crippen LogP contribution is 2.19. The van der Waals surface area contributed by atoms with Crippen LogP contribution in [0.2, 0.25) is 0 Å². The number of hydrogen-bond donors (Lipinski definition) is 1. The summed E-state index contributed by atoms with van der Waals surface area (Å²) in [7, 11) is 3.32. The summed E-state index contributed by atoms with van der Waals surface area (Å²) in [5, 5.41) is 2.65. The van der Waals surface area contributed by atoms with Gasteiger partial charge in [0.25, 0.3) is 5.91 Å². The van der Waals surface area contributed by atoms with Gasteiger partial charge in [-0.3, -0.25) is 9.69 Å². The van der Waals surface area contributed by atoms with Gasteiger partial charge in [0.2, 0.25) is 0 Å². The summed E-state index contributed by atoms with van der Waals surface area (Å²) in [5.41, 5.74) is 1.85. The number of ether oxygens (including phenoxy) is 1.